The second kappa shape index (κ2) is 14.4. The Morgan fingerprint density at radius 2 is 1.40 bits per heavy atom. The average molecular weight is 620 g/mol. The summed E-state index contributed by atoms with van der Waals surface area (Å²) in [5.41, 5.74) is 7.22. The molecule has 0 aromatic heterocycles. The molecule has 0 saturated carbocycles. The van der Waals surface area contributed by atoms with Crippen LogP contribution in [0.5, 0.6) is 0 Å². The minimum absolute atomic E-state index is 0.0707. The number of hydrogen-bond donors (Lipinski definition) is 4. The molecule has 8 nitrogen and oxygen atoms in total. The topological polar surface area (TPSA) is 130 Å². The summed E-state index contributed by atoms with van der Waals surface area (Å²) in [7, 11) is 0. The Hall–Kier alpha value is -4.57. The number of thioether (sulfide) groups is 1. The number of carbonyl (C=O) groups is 4. The zero-order valence-corrected chi connectivity index (χ0v) is 24.2. The predicted molar refractivity (Wildman–Crippen MR) is 168 cm³/mol. The van der Waals surface area contributed by atoms with Crippen LogP contribution in [0.3, 0.4) is 0 Å². The molecule has 0 radical (unpaired) electrons. The monoisotopic (exact) mass is 618 g/mol. The number of nitrogens with one attached hydrogen (secondary N) is 3. The Morgan fingerprint density at radius 3 is 2.07 bits per heavy atom. The molecule has 0 aliphatic rings. The molecule has 0 fully saturated rings. The number of carbonyl (C=O) groups excluding carboxylic acids is 4. The van der Waals surface area contributed by atoms with Gasteiger partial charge in [0.15, 0.2) is 0 Å². The highest BCUT2D eigenvalue weighted by atomic mass is 35.5. The summed E-state index contributed by atoms with van der Waals surface area (Å²) in [6.45, 7) is 0. The molecular weight excluding hydrogens is 595 g/mol. The molecule has 212 valence electrons. The van der Waals surface area contributed by atoms with Gasteiger partial charge in [-0.15, -0.1) is 11.8 Å². The van der Waals surface area contributed by atoms with E-state index in [1.165, 1.54) is 30.0 Å². The van der Waals surface area contributed by atoms with Crippen molar-refractivity contribution in [3.05, 3.63) is 129 Å². The summed E-state index contributed by atoms with van der Waals surface area (Å²) in [6, 6.07) is 26.5. The van der Waals surface area contributed by atoms with E-state index in [2.05, 4.69) is 16.0 Å². The molecule has 0 unspecified atom stereocenters. The van der Waals surface area contributed by atoms with Crippen LogP contribution in [0.25, 0.3) is 6.08 Å². The van der Waals surface area contributed by atoms with Crippen LogP contribution in [0.2, 0.25) is 10.0 Å². The van der Waals surface area contributed by atoms with Crippen molar-refractivity contribution in [2.45, 2.75) is 4.90 Å². The molecule has 0 aliphatic carbocycles. The zero-order valence-electron chi connectivity index (χ0n) is 21.9. The van der Waals surface area contributed by atoms with Crippen LogP contribution < -0.4 is 21.7 Å². The van der Waals surface area contributed by atoms with E-state index >= 15 is 0 Å². The van der Waals surface area contributed by atoms with E-state index < -0.39 is 17.7 Å². The molecule has 0 bridgehead atoms. The molecule has 4 amide bonds. The van der Waals surface area contributed by atoms with E-state index in [9.17, 15) is 19.2 Å². The van der Waals surface area contributed by atoms with Gasteiger partial charge in [0.05, 0.1) is 5.75 Å². The maximum Gasteiger partial charge on any atom is 0.272 e. The molecule has 0 atom stereocenters. The second-order valence-electron chi connectivity index (χ2n) is 8.77. The Kier molecular flexibility index (Phi) is 10.4. The van der Waals surface area contributed by atoms with Crippen molar-refractivity contribution >= 4 is 76.0 Å². The van der Waals surface area contributed by atoms with Gasteiger partial charge in [-0.1, -0.05) is 53.5 Å². The molecular formula is C31H24Cl2N4O4S. The van der Waals surface area contributed by atoms with E-state index in [0.717, 1.165) is 4.90 Å². The van der Waals surface area contributed by atoms with Crippen LogP contribution in [-0.4, -0.2) is 29.4 Å². The summed E-state index contributed by atoms with van der Waals surface area (Å²) in [5, 5.41) is 8.80. The Balaban J connectivity index is 1.46. The largest absolute Gasteiger partial charge is 0.366 e. The number of benzene rings is 4. The van der Waals surface area contributed by atoms with E-state index in [-0.39, 0.29) is 17.4 Å². The zero-order chi connectivity index (χ0) is 30.1. The quantitative estimate of drug-likeness (QED) is 0.124. The third-order valence-corrected chi connectivity index (χ3v) is 7.39. The van der Waals surface area contributed by atoms with Crippen molar-refractivity contribution in [1.82, 2.24) is 5.32 Å². The predicted octanol–water partition coefficient (Wildman–Crippen LogP) is 6.23. The van der Waals surface area contributed by atoms with Crippen LogP contribution in [-0.2, 0) is 9.59 Å². The van der Waals surface area contributed by atoms with Crippen molar-refractivity contribution in [2.24, 2.45) is 5.73 Å². The number of primary amides is 1. The van der Waals surface area contributed by atoms with Gasteiger partial charge in [0.1, 0.15) is 5.70 Å². The summed E-state index contributed by atoms with van der Waals surface area (Å²) in [6.07, 6.45) is 1.42. The average Bonchev–Trinajstić information content (AvgIpc) is 2.98. The summed E-state index contributed by atoms with van der Waals surface area (Å²) in [4.78, 5) is 50.6. The molecule has 4 aromatic carbocycles. The first-order chi connectivity index (χ1) is 20.2. The van der Waals surface area contributed by atoms with E-state index in [1.54, 1.807) is 84.9 Å². The van der Waals surface area contributed by atoms with Crippen molar-refractivity contribution in [1.29, 1.82) is 0 Å². The highest BCUT2D eigenvalue weighted by molar-refractivity contribution is 8.00. The summed E-state index contributed by atoms with van der Waals surface area (Å²) >= 11 is 13.9. The van der Waals surface area contributed by atoms with Gasteiger partial charge < -0.3 is 21.7 Å². The van der Waals surface area contributed by atoms with Crippen LogP contribution in [0.4, 0.5) is 11.4 Å². The van der Waals surface area contributed by atoms with Gasteiger partial charge in [0, 0.05) is 43.0 Å². The molecule has 0 aliphatic heterocycles. The number of anilines is 2. The van der Waals surface area contributed by atoms with E-state index in [1.807, 2.05) is 0 Å². The van der Waals surface area contributed by atoms with Crippen molar-refractivity contribution in [3.63, 3.8) is 0 Å². The minimum atomic E-state index is -0.602. The Bertz CT molecular complexity index is 1640. The third-order valence-electron chi connectivity index (χ3n) is 5.73. The lowest BCUT2D eigenvalue weighted by Gasteiger charge is -2.13. The van der Waals surface area contributed by atoms with Gasteiger partial charge in [0.25, 0.3) is 11.8 Å². The van der Waals surface area contributed by atoms with Gasteiger partial charge >= 0.3 is 0 Å². The van der Waals surface area contributed by atoms with Crippen molar-refractivity contribution in [3.8, 4) is 0 Å². The van der Waals surface area contributed by atoms with Gasteiger partial charge in [-0.3, -0.25) is 19.2 Å². The first kappa shape index (κ1) is 30.4. The number of nitrogens with two attached hydrogens (primary N) is 1. The number of halogens is 2. The second-order valence-corrected chi connectivity index (χ2v) is 10.6. The van der Waals surface area contributed by atoms with Gasteiger partial charge in [0.2, 0.25) is 11.8 Å². The highest BCUT2D eigenvalue weighted by Crippen LogP contribution is 2.27. The number of rotatable bonds is 10. The molecule has 0 spiro atoms. The highest BCUT2D eigenvalue weighted by Gasteiger charge is 2.17. The van der Waals surface area contributed by atoms with Gasteiger partial charge in [-0.2, -0.15) is 0 Å². The fraction of sp³-hybridized carbons (Fsp3) is 0.0323. The molecule has 4 aromatic rings. The maximum atomic E-state index is 13.4. The van der Waals surface area contributed by atoms with Crippen LogP contribution in [0.1, 0.15) is 26.3 Å². The summed E-state index contributed by atoms with van der Waals surface area (Å²) in [5.74, 6) is -1.80. The van der Waals surface area contributed by atoms with Gasteiger partial charge in [-0.05, 0) is 72.8 Å². The lowest BCUT2D eigenvalue weighted by molar-refractivity contribution is -0.114. The molecule has 5 N–H and O–H groups in total. The van der Waals surface area contributed by atoms with E-state index in [4.69, 9.17) is 28.9 Å². The minimum Gasteiger partial charge on any atom is -0.366 e. The standard InChI is InChI=1S/C31H24Cl2N4O4S/c32-25-10-5-11-26(33)24(25)17-27(37-30(40)20-6-2-1-3-7-20)31(41)36-22-8-4-9-23(16-22)42-18-28(38)35-21-14-12-19(13-15-21)29(34)39/h1-17H,18H2,(H2,34,39)(H,35,38)(H,36,41)(H,37,40)/b27-17+. The fourth-order valence-electron chi connectivity index (χ4n) is 3.66. The van der Waals surface area contributed by atoms with Crippen molar-refractivity contribution < 1.29 is 19.2 Å². The van der Waals surface area contributed by atoms with Crippen LogP contribution in [0.15, 0.2) is 108 Å². The molecule has 11 heteroatoms. The molecule has 42 heavy (non-hydrogen) atoms. The lowest BCUT2D eigenvalue weighted by atomic mass is 10.1. The molecule has 4 rings (SSSR count). The first-order valence-corrected chi connectivity index (χ1v) is 14.2. The normalized spacial score (nSPS) is 11.0. The van der Waals surface area contributed by atoms with Gasteiger partial charge in [-0.25, -0.2) is 0 Å². The van der Waals surface area contributed by atoms with Crippen LogP contribution in [0, 0.1) is 0 Å². The molecule has 0 saturated heterocycles. The SMILES string of the molecule is NC(=O)c1ccc(NC(=O)CSc2cccc(NC(=O)/C(=C\c3c(Cl)cccc3Cl)NC(=O)c3ccccc3)c2)cc1. The Morgan fingerprint density at radius 1 is 0.738 bits per heavy atom. The van der Waals surface area contributed by atoms with Crippen molar-refractivity contribution in [2.75, 3.05) is 16.4 Å². The van der Waals surface area contributed by atoms with Crippen LogP contribution >= 0.6 is 35.0 Å². The third kappa shape index (κ3) is 8.47. The number of hydrogen-bond acceptors (Lipinski definition) is 5. The fourth-order valence-corrected chi connectivity index (χ4v) is 4.92. The maximum absolute atomic E-state index is 13.4. The van der Waals surface area contributed by atoms with E-state index in [0.29, 0.717) is 38.1 Å². The molecule has 0 heterocycles. The lowest BCUT2D eigenvalue weighted by Crippen LogP contribution is -2.30. The number of amides is 4. The first-order valence-electron chi connectivity index (χ1n) is 12.5. The summed E-state index contributed by atoms with van der Waals surface area (Å²) < 4.78 is 0. The smallest absolute Gasteiger partial charge is 0.272 e. The Labute approximate surface area is 256 Å².